The lowest BCUT2D eigenvalue weighted by Gasteiger charge is -2.41. The lowest BCUT2D eigenvalue weighted by atomic mass is 9.68. The van der Waals surface area contributed by atoms with Gasteiger partial charge >= 0.3 is 0 Å². The topological polar surface area (TPSA) is 11.4 Å². The first-order valence-electron chi connectivity index (χ1n) is 22.0. The van der Waals surface area contributed by atoms with Crippen molar-refractivity contribution in [2.45, 2.75) is 51.5 Å². The molecule has 6 aromatic rings. The second kappa shape index (κ2) is 15.2. The molecule has 294 valence electrons. The number of hydrogen-bond donors (Lipinski definition) is 0. The highest BCUT2D eigenvalue weighted by atomic mass is 15.2. The predicted octanol–water partition coefficient (Wildman–Crippen LogP) is 14.8. The summed E-state index contributed by atoms with van der Waals surface area (Å²) in [5.74, 6) is 1.76. The highest BCUT2D eigenvalue weighted by Gasteiger charge is 2.46. The molecule has 11 rings (SSSR count). The van der Waals surface area contributed by atoms with Gasteiger partial charge in [0.1, 0.15) is 0 Å². The van der Waals surface area contributed by atoms with Crippen LogP contribution in [-0.4, -0.2) is 4.57 Å². The summed E-state index contributed by atoms with van der Waals surface area (Å²) in [6, 6.07) is 48.8. The van der Waals surface area contributed by atoms with Gasteiger partial charge < -0.3 is 14.4 Å². The molecule has 4 aliphatic carbocycles. The molecular weight excluding hydrogens is 727 g/mol. The number of allylic oxidation sites excluding steroid dienone is 11. The molecule has 0 amide bonds. The molecule has 5 aliphatic rings. The Morgan fingerprint density at radius 2 is 1.28 bits per heavy atom. The molecule has 5 aromatic carbocycles. The fourth-order valence-corrected chi connectivity index (χ4v) is 11.0. The van der Waals surface area contributed by atoms with Crippen LogP contribution in [0.5, 0.6) is 0 Å². The third-order valence-corrected chi connectivity index (χ3v) is 13.7. The molecule has 0 spiro atoms. The van der Waals surface area contributed by atoms with E-state index >= 15 is 0 Å². The summed E-state index contributed by atoms with van der Waals surface area (Å²) in [5, 5.41) is 1.46. The Kier molecular flexibility index (Phi) is 9.26. The minimum absolute atomic E-state index is 0.337. The standard InChI is InChI=1S/C57H51N3/c1-3-5-18-39(4-2)44-35-53-51-33-40-27-29-49(58(45-19-10-6-11-20-45)46-21-12-7-13-22-46)31-42(40)37-55(51)60-56-38-43-32-50(30-28-41(43)34-52(56)54(36-44)57(53)60)59(47-23-14-8-15-24-47)48-25-16-9-17-26-48/h4-32,35-37,40-41,43,52,56H,3,33-34,38H2,1-2H3/b18-5-,39-4+/t40-,41+,43?,52?,56?/m0/s1. The number of fused-ring (bicyclic) bond motifs is 8. The van der Waals surface area contributed by atoms with Crippen molar-refractivity contribution in [1.82, 2.24) is 4.57 Å². The summed E-state index contributed by atoms with van der Waals surface area (Å²) in [5.41, 5.74) is 17.2. The van der Waals surface area contributed by atoms with Gasteiger partial charge in [-0.25, -0.2) is 0 Å². The van der Waals surface area contributed by atoms with Crippen LogP contribution < -0.4 is 9.80 Å². The quantitative estimate of drug-likeness (QED) is 0.135. The molecule has 0 saturated heterocycles. The fraction of sp³-hybridized carbons (Fsp3) is 0.193. The highest BCUT2D eigenvalue weighted by Crippen LogP contribution is 2.58. The Labute approximate surface area is 355 Å². The molecule has 5 atom stereocenters. The van der Waals surface area contributed by atoms with Gasteiger partial charge in [0.25, 0.3) is 0 Å². The molecule has 0 N–H and O–H groups in total. The zero-order valence-electron chi connectivity index (χ0n) is 34.5. The third kappa shape index (κ3) is 6.18. The first-order valence-corrected chi connectivity index (χ1v) is 22.0. The monoisotopic (exact) mass is 777 g/mol. The number of anilines is 4. The van der Waals surface area contributed by atoms with Crippen molar-refractivity contribution in [3.05, 3.63) is 227 Å². The second-order valence-corrected chi connectivity index (χ2v) is 17.1. The molecule has 3 heteroatoms. The summed E-state index contributed by atoms with van der Waals surface area (Å²) in [6.07, 6.45) is 28.7. The Bertz CT molecular complexity index is 2720. The molecule has 1 aromatic heterocycles. The van der Waals surface area contributed by atoms with Crippen LogP contribution in [0, 0.1) is 17.8 Å². The van der Waals surface area contributed by atoms with E-state index in [0.717, 1.165) is 25.7 Å². The minimum atomic E-state index is 0.337. The molecule has 1 aliphatic heterocycles. The van der Waals surface area contributed by atoms with Crippen molar-refractivity contribution in [2.75, 3.05) is 9.80 Å². The summed E-state index contributed by atoms with van der Waals surface area (Å²) < 4.78 is 2.82. The van der Waals surface area contributed by atoms with Gasteiger partial charge in [-0.2, -0.15) is 0 Å². The zero-order valence-corrected chi connectivity index (χ0v) is 34.5. The molecule has 2 heterocycles. The maximum Gasteiger partial charge on any atom is 0.0527 e. The van der Waals surface area contributed by atoms with Crippen molar-refractivity contribution in [3.8, 4) is 0 Å². The first kappa shape index (κ1) is 36.5. The number of hydrogen-bond acceptors (Lipinski definition) is 2. The van der Waals surface area contributed by atoms with Crippen LogP contribution in [0.15, 0.2) is 205 Å². The lowest BCUT2D eigenvalue weighted by Crippen LogP contribution is -2.31. The first-order chi connectivity index (χ1) is 29.7. The van der Waals surface area contributed by atoms with Crippen molar-refractivity contribution < 1.29 is 0 Å². The van der Waals surface area contributed by atoms with E-state index in [0.29, 0.717) is 29.7 Å². The number of benzene rings is 5. The van der Waals surface area contributed by atoms with Crippen molar-refractivity contribution >= 4 is 45.3 Å². The Balaban J connectivity index is 1.03. The third-order valence-electron chi connectivity index (χ3n) is 13.7. The number of nitrogens with zero attached hydrogens (tertiary/aromatic N) is 3. The summed E-state index contributed by atoms with van der Waals surface area (Å²) in [4.78, 5) is 4.83. The number of rotatable bonds is 9. The molecule has 0 radical (unpaired) electrons. The van der Waals surface area contributed by atoms with Crippen molar-refractivity contribution in [1.29, 1.82) is 0 Å². The number of para-hydroxylation sites is 4. The Hall–Kier alpha value is -6.58. The molecule has 60 heavy (non-hydrogen) atoms. The van der Waals surface area contributed by atoms with E-state index in [4.69, 9.17) is 0 Å². The van der Waals surface area contributed by atoms with Gasteiger partial charge in [0.15, 0.2) is 0 Å². The summed E-state index contributed by atoms with van der Waals surface area (Å²) in [7, 11) is 0. The van der Waals surface area contributed by atoms with Crippen LogP contribution in [-0.2, 0) is 6.42 Å². The van der Waals surface area contributed by atoms with E-state index < -0.39 is 0 Å². The maximum atomic E-state index is 2.82. The van der Waals surface area contributed by atoms with E-state index in [1.165, 1.54) is 73.0 Å². The van der Waals surface area contributed by atoms with E-state index in [1.807, 2.05) is 0 Å². The average Bonchev–Trinajstić information content (AvgIpc) is 3.79. The van der Waals surface area contributed by atoms with E-state index in [2.05, 4.69) is 222 Å². The Morgan fingerprint density at radius 1 is 0.683 bits per heavy atom. The van der Waals surface area contributed by atoms with Gasteiger partial charge in [-0.05, 0) is 157 Å². The van der Waals surface area contributed by atoms with Gasteiger partial charge in [-0.15, -0.1) is 0 Å². The van der Waals surface area contributed by atoms with Crippen LogP contribution in [0.25, 0.3) is 22.6 Å². The predicted molar refractivity (Wildman–Crippen MR) is 253 cm³/mol. The molecular formula is C57H51N3. The zero-order chi connectivity index (χ0) is 40.2. The van der Waals surface area contributed by atoms with Gasteiger partial charge in [-0.1, -0.05) is 116 Å². The largest absolute Gasteiger partial charge is 0.337 e. The number of aromatic nitrogens is 1. The SMILES string of the molecule is C/C=C(\C=C/CC)c1cc2c3c(c1)c1c(n3C3CC4C=C(N(c5ccccc5)c5ccccc5)C=C[C@@H]4CC23)C=C2C=C(N(c3ccccc3)c3ccccc3)C=C[C@H]2C1. The van der Waals surface area contributed by atoms with Crippen molar-refractivity contribution in [3.63, 3.8) is 0 Å². The van der Waals surface area contributed by atoms with Gasteiger partial charge in [-0.3, -0.25) is 0 Å². The molecule has 1 fully saturated rings. The normalized spacial score (nSPS) is 22.4. The maximum absolute atomic E-state index is 2.82. The van der Waals surface area contributed by atoms with Crippen LogP contribution in [0.4, 0.5) is 22.7 Å². The van der Waals surface area contributed by atoms with Gasteiger partial charge in [0.05, 0.1) is 5.52 Å². The van der Waals surface area contributed by atoms with E-state index in [1.54, 1.807) is 5.56 Å². The fourth-order valence-electron chi connectivity index (χ4n) is 11.0. The molecule has 0 bridgehead atoms. The van der Waals surface area contributed by atoms with Crippen LogP contribution >= 0.6 is 0 Å². The second-order valence-electron chi connectivity index (χ2n) is 17.1. The molecule has 3 nitrogen and oxygen atoms in total. The average molecular weight is 778 g/mol. The molecule has 3 unspecified atom stereocenters. The van der Waals surface area contributed by atoms with Crippen molar-refractivity contribution in [2.24, 2.45) is 17.8 Å². The van der Waals surface area contributed by atoms with Crippen LogP contribution in [0.2, 0.25) is 0 Å². The summed E-state index contributed by atoms with van der Waals surface area (Å²) in [6.45, 7) is 4.42. The van der Waals surface area contributed by atoms with Gasteiger partial charge in [0, 0.05) is 63.1 Å². The highest BCUT2D eigenvalue weighted by molar-refractivity contribution is 5.97. The van der Waals surface area contributed by atoms with E-state index in [-0.39, 0.29) is 0 Å². The van der Waals surface area contributed by atoms with Crippen LogP contribution in [0.1, 0.15) is 67.5 Å². The lowest BCUT2D eigenvalue weighted by molar-refractivity contribution is 0.230. The summed E-state index contributed by atoms with van der Waals surface area (Å²) >= 11 is 0. The van der Waals surface area contributed by atoms with Gasteiger partial charge in [0.2, 0.25) is 0 Å². The Morgan fingerprint density at radius 3 is 1.88 bits per heavy atom. The van der Waals surface area contributed by atoms with E-state index in [9.17, 15) is 0 Å². The smallest absolute Gasteiger partial charge is 0.0527 e. The van der Waals surface area contributed by atoms with Crippen LogP contribution in [0.3, 0.4) is 0 Å². The minimum Gasteiger partial charge on any atom is -0.337 e. The molecule has 1 saturated carbocycles.